The molecular weight excluding hydrogens is 360 g/mol. The van der Waals surface area contributed by atoms with Crippen LogP contribution in [0.25, 0.3) is 5.69 Å². The van der Waals surface area contributed by atoms with Crippen molar-refractivity contribution in [3.05, 3.63) is 53.3 Å². The number of nitrogens with zero attached hydrogens (tertiary/aromatic N) is 5. The number of anilines is 1. The van der Waals surface area contributed by atoms with Gasteiger partial charge in [0.15, 0.2) is 5.15 Å². The van der Waals surface area contributed by atoms with Gasteiger partial charge in [0.2, 0.25) is 11.1 Å². The lowest BCUT2D eigenvalue weighted by Gasteiger charge is -2.12. The average molecular weight is 375 g/mol. The van der Waals surface area contributed by atoms with Gasteiger partial charge in [0.25, 0.3) is 0 Å². The van der Waals surface area contributed by atoms with E-state index in [0.717, 1.165) is 11.3 Å². The number of hydrogen-bond donors (Lipinski definition) is 1. The first-order valence-corrected chi connectivity index (χ1v) is 8.74. The summed E-state index contributed by atoms with van der Waals surface area (Å²) in [4.78, 5) is 16.3. The summed E-state index contributed by atoms with van der Waals surface area (Å²) in [5.74, 6) is -0.209. The summed E-state index contributed by atoms with van der Waals surface area (Å²) < 4.78 is 1.63. The number of aryl methyl sites for hydroxylation is 1. The Kier molecular flexibility index (Phi) is 5.30. The minimum absolute atomic E-state index is 0.209. The molecule has 9 heteroatoms. The molecule has 0 aliphatic carbocycles. The minimum Gasteiger partial charge on any atom is -0.322 e. The lowest BCUT2D eigenvalue weighted by atomic mass is 10.2. The Hall–Kier alpha value is -2.45. The molecule has 3 rings (SSSR count). The van der Waals surface area contributed by atoms with Crippen molar-refractivity contribution >= 4 is 35.0 Å². The molecule has 0 saturated carbocycles. The van der Waals surface area contributed by atoms with Gasteiger partial charge in [-0.2, -0.15) is 4.68 Å². The number of tetrazole rings is 1. The van der Waals surface area contributed by atoms with E-state index in [-0.39, 0.29) is 11.1 Å². The minimum atomic E-state index is -0.426. The largest absolute Gasteiger partial charge is 0.322 e. The van der Waals surface area contributed by atoms with Crippen LogP contribution in [0, 0.1) is 6.92 Å². The van der Waals surface area contributed by atoms with Crippen molar-refractivity contribution in [3.63, 3.8) is 0 Å². The summed E-state index contributed by atoms with van der Waals surface area (Å²) in [6.07, 6.45) is 1.56. The zero-order valence-electron chi connectivity index (χ0n) is 13.5. The number of amides is 1. The molecule has 0 radical (unpaired) electrons. The molecule has 0 aliphatic heterocycles. The number of para-hydroxylation sites is 1. The fourth-order valence-corrected chi connectivity index (χ4v) is 3.10. The predicted molar refractivity (Wildman–Crippen MR) is 97.1 cm³/mol. The molecule has 7 nitrogen and oxygen atoms in total. The zero-order valence-corrected chi connectivity index (χ0v) is 15.1. The third kappa shape index (κ3) is 3.97. The van der Waals surface area contributed by atoms with Gasteiger partial charge in [-0.25, -0.2) is 4.98 Å². The normalized spacial score (nSPS) is 12.0. The second-order valence-electron chi connectivity index (χ2n) is 5.25. The molecule has 0 fully saturated rings. The highest BCUT2D eigenvalue weighted by atomic mass is 35.5. The smallest absolute Gasteiger partial charge is 0.237 e. The lowest BCUT2D eigenvalue weighted by Crippen LogP contribution is -2.23. The Morgan fingerprint density at radius 3 is 2.84 bits per heavy atom. The van der Waals surface area contributed by atoms with E-state index in [0.29, 0.717) is 10.8 Å². The monoisotopic (exact) mass is 374 g/mol. The van der Waals surface area contributed by atoms with Crippen LogP contribution < -0.4 is 5.32 Å². The lowest BCUT2D eigenvalue weighted by molar-refractivity contribution is -0.115. The van der Waals surface area contributed by atoms with E-state index in [1.165, 1.54) is 11.8 Å². The summed E-state index contributed by atoms with van der Waals surface area (Å²) in [6, 6.07) is 11.2. The van der Waals surface area contributed by atoms with Gasteiger partial charge in [-0.3, -0.25) is 4.79 Å². The van der Waals surface area contributed by atoms with E-state index in [4.69, 9.17) is 11.6 Å². The molecule has 1 atom stereocenters. The van der Waals surface area contributed by atoms with Crippen molar-refractivity contribution < 1.29 is 4.79 Å². The maximum absolute atomic E-state index is 12.4. The Morgan fingerprint density at radius 1 is 1.28 bits per heavy atom. The number of benzene rings is 1. The van der Waals surface area contributed by atoms with E-state index < -0.39 is 5.25 Å². The summed E-state index contributed by atoms with van der Waals surface area (Å²) in [6.45, 7) is 3.76. The molecule has 3 aromatic rings. The van der Waals surface area contributed by atoms with Crippen molar-refractivity contribution in [3.8, 4) is 5.69 Å². The van der Waals surface area contributed by atoms with Crippen LogP contribution >= 0.6 is 23.4 Å². The Balaban J connectivity index is 1.75. The number of carbonyl (C=O) groups excluding carboxylic acids is 1. The van der Waals surface area contributed by atoms with Crippen molar-refractivity contribution in [2.24, 2.45) is 0 Å². The van der Waals surface area contributed by atoms with Crippen LogP contribution in [0.4, 0.5) is 5.69 Å². The van der Waals surface area contributed by atoms with Crippen molar-refractivity contribution in [1.29, 1.82) is 0 Å². The third-order valence-corrected chi connectivity index (χ3v) is 4.79. The van der Waals surface area contributed by atoms with Crippen LogP contribution in [-0.2, 0) is 4.79 Å². The maximum Gasteiger partial charge on any atom is 0.237 e. The number of nitrogens with one attached hydrogen (secondary N) is 1. The number of thioether (sulfide) groups is 1. The maximum atomic E-state index is 12.4. The van der Waals surface area contributed by atoms with E-state index in [1.54, 1.807) is 29.9 Å². The van der Waals surface area contributed by atoms with Gasteiger partial charge >= 0.3 is 0 Å². The number of pyridine rings is 1. The summed E-state index contributed by atoms with van der Waals surface area (Å²) in [5, 5.41) is 14.9. The van der Waals surface area contributed by atoms with Gasteiger partial charge in [-0.1, -0.05) is 41.6 Å². The molecule has 1 amide bonds. The Morgan fingerprint density at radius 2 is 2.08 bits per heavy atom. The van der Waals surface area contributed by atoms with Crippen LogP contribution in [0.2, 0.25) is 5.15 Å². The second-order valence-corrected chi connectivity index (χ2v) is 6.92. The zero-order chi connectivity index (χ0) is 17.8. The van der Waals surface area contributed by atoms with Crippen molar-refractivity contribution in [2.75, 3.05) is 5.32 Å². The van der Waals surface area contributed by atoms with E-state index in [2.05, 4.69) is 25.8 Å². The van der Waals surface area contributed by atoms with E-state index in [9.17, 15) is 4.79 Å². The van der Waals surface area contributed by atoms with Crippen molar-refractivity contribution in [1.82, 2.24) is 25.2 Å². The summed E-state index contributed by atoms with van der Waals surface area (Å²) in [7, 11) is 0. The molecule has 0 unspecified atom stereocenters. The quantitative estimate of drug-likeness (QED) is 0.545. The van der Waals surface area contributed by atoms with E-state index in [1.807, 2.05) is 31.2 Å². The number of hydrogen-bond acceptors (Lipinski definition) is 6. The van der Waals surface area contributed by atoms with Crippen LogP contribution in [0.5, 0.6) is 0 Å². The molecular formula is C16H15ClN6OS. The highest BCUT2D eigenvalue weighted by molar-refractivity contribution is 8.00. The topological polar surface area (TPSA) is 85.6 Å². The van der Waals surface area contributed by atoms with Gasteiger partial charge in [0.1, 0.15) is 0 Å². The molecule has 0 saturated heterocycles. The van der Waals surface area contributed by atoms with Crippen LogP contribution in [0.15, 0.2) is 47.8 Å². The molecule has 2 aromatic heterocycles. The second kappa shape index (κ2) is 7.62. The van der Waals surface area contributed by atoms with Gasteiger partial charge in [0.05, 0.1) is 16.6 Å². The fourth-order valence-electron chi connectivity index (χ4n) is 2.13. The number of rotatable bonds is 5. The number of halogens is 1. The summed E-state index contributed by atoms with van der Waals surface area (Å²) >= 11 is 7.23. The fraction of sp³-hybridized carbons (Fsp3) is 0.188. The van der Waals surface area contributed by atoms with Crippen molar-refractivity contribution in [2.45, 2.75) is 24.3 Å². The molecule has 2 heterocycles. The molecule has 0 spiro atoms. The molecule has 128 valence electrons. The third-order valence-electron chi connectivity index (χ3n) is 3.45. The van der Waals surface area contributed by atoms with Crippen LogP contribution in [0.1, 0.15) is 12.5 Å². The van der Waals surface area contributed by atoms with Crippen LogP contribution in [0.3, 0.4) is 0 Å². The first kappa shape index (κ1) is 17.4. The van der Waals surface area contributed by atoms with Gasteiger partial charge in [-0.15, -0.1) is 5.10 Å². The predicted octanol–water partition coefficient (Wildman–Crippen LogP) is 3.14. The molecule has 25 heavy (non-hydrogen) atoms. The first-order valence-electron chi connectivity index (χ1n) is 7.48. The van der Waals surface area contributed by atoms with Gasteiger partial charge in [0, 0.05) is 6.20 Å². The highest BCUT2D eigenvalue weighted by Gasteiger charge is 2.20. The molecule has 0 bridgehead atoms. The molecule has 1 N–H and O–H groups in total. The highest BCUT2D eigenvalue weighted by Crippen LogP contribution is 2.26. The molecule has 0 aliphatic rings. The standard InChI is InChI=1S/C16H15ClN6OS/c1-10-6-3-4-8-13(10)23-16(20-21-22-23)25-11(2)15(24)19-12-7-5-9-18-14(12)17/h3-9,11H,1-2H3,(H,19,24)/t11-/m1/s1. The summed E-state index contributed by atoms with van der Waals surface area (Å²) in [5.41, 5.74) is 2.38. The Labute approximate surface area is 153 Å². The van der Waals surface area contributed by atoms with Crippen LogP contribution in [-0.4, -0.2) is 36.3 Å². The van der Waals surface area contributed by atoms with Gasteiger partial charge < -0.3 is 5.32 Å². The number of carbonyl (C=O) groups is 1. The average Bonchev–Trinajstić information content (AvgIpc) is 3.05. The van der Waals surface area contributed by atoms with Gasteiger partial charge in [-0.05, 0) is 48.0 Å². The Bertz CT molecular complexity index is 900. The SMILES string of the molecule is Cc1ccccc1-n1nnnc1S[C@H](C)C(=O)Nc1cccnc1Cl. The molecule has 1 aromatic carbocycles. The number of aromatic nitrogens is 5. The first-order chi connectivity index (χ1) is 12.1. The van der Waals surface area contributed by atoms with E-state index >= 15 is 0 Å².